The summed E-state index contributed by atoms with van der Waals surface area (Å²) in [6.45, 7) is 14.5. The van der Waals surface area contributed by atoms with E-state index in [2.05, 4.69) is 32.2 Å². The third kappa shape index (κ3) is 10.9. The lowest BCUT2D eigenvalue weighted by molar-refractivity contribution is -0.141. The number of rotatable bonds is 17. The smallest absolute Gasteiger partial charge is 0.319 e. The number of phenols is 1. The van der Waals surface area contributed by atoms with Gasteiger partial charge in [-0.15, -0.1) is 11.3 Å². The number of likely N-dealkylation sites (tertiary alicyclic amines) is 2. The first-order valence-corrected chi connectivity index (χ1v) is 28.3. The van der Waals surface area contributed by atoms with Crippen LogP contribution in [0.1, 0.15) is 101 Å². The minimum Gasteiger partial charge on any atom is -0.508 e. The number of β-amino-alcohol motifs (C(OH)–C–C–N with tert-alkyl or cyclic N) is 1. The zero-order valence-electron chi connectivity index (χ0n) is 44.5. The Kier molecular flexibility index (Phi) is 15.1. The number of halogens is 1. The molecule has 7 heterocycles. The second-order valence-corrected chi connectivity index (χ2v) is 22.9. The molecule has 4 aromatic heterocycles. The van der Waals surface area contributed by atoms with Crippen LogP contribution in [0.25, 0.3) is 43.4 Å². The number of carbonyl (C=O) groups is 2. The standard InChI is InChI=1S/C59H68FN9O7S/c1-6-39-8-7-9-42-23-43(70)24-45(51(39)42)53-52(60)54-46(27-61-53)56(68-28-37-10-11-38(22-37)29-68)65-59(64-54)74-21-20-67-18-16-36(17-19-67)31-75-49-26-48(76-66-49)50(33(2)3)58(73)69-30-44(71)25-47(69)57(72)63-34(4)40-12-14-41(15-13-40)55-35(5)62-32-77-55/h7-9,12-15,23-24,26-27,32-34,36-38,44,47,50,70-71H,6,10-11,16-22,25,28-31H2,1-5H3,(H,63,72)/t34-,37?,38?,44+,47-,50+/m0/s1. The van der Waals surface area contributed by atoms with E-state index in [4.69, 9.17) is 28.9 Å². The van der Waals surface area contributed by atoms with E-state index in [1.807, 2.05) is 75.7 Å². The fraction of sp³-hybridized carbons (Fsp3) is 0.475. The predicted molar refractivity (Wildman–Crippen MR) is 294 cm³/mol. The number of thiazole rings is 1. The summed E-state index contributed by atoms with van der Waals surface area (Å²) >= 11 is 1.59. The average molecular weight is 1070 g/mol. The number of aliphatic hydroxyl groups excluding tert-OH is 1. The summed E-state index contributed by atoms with van der Waals surface area (Å²) in [5.74, 6) is 0.576. The number of anilines is 1. The molecule has 6 atom stereocenters. The summed E-state index contributed by atoms with van der Waals surface area (Å²) in [4.78, 5) is 54.1. The monoisotopic (exact) mass is 1070 g/mol. The van der Waals surface area contributed by atoms with Gasteiger partial charge in [0.25, 0.3) is 5.88 Å². The van der Waals surface area contributed by atoms with Crippen LogP contribution in [0.2, 0.25) is 0 Å². The van der Waals surface area contributed by atoms with E-state index in [0.717, 1.165) is 83.5 Å². The van der Waals surface area contributed by atoms with E-state index in [-0.39, 0.29) is 65.6 Å². The normalized spacial score (nSPS) is 20.8. The Balaban J connectivity index is 0.700. The molecule has 3 saturated heterocycles. The number of ether oxygens (including phenoxy) is 2. The number of nitrogens with one attached hydrogen (secondary N) is 1. The highest BCUT2D eigenvalue weighted by Crippen LogP contribution is 2.42. The first-order valence-electron chi connectivity index (χ1n) is 27.4. The van der Waals surface area contributed by atoms with Crippen LogP contribution in [-0.2, 0) is 16.0 Å². The van der Waals surface area contributed by atoms with Crippen molar-refractivity contribution in [2.75, 3.05) is 57.4 Å². The van der Waals surface area contributed by atoms with Gasteiger partial charge >= 0.3 is 6.01 Å². The lowest BCUT2D eigenvalue weighted by Gasteiger charge is -2.33. The minimum atomic E-state index is -0.847. The van der Waals surface area contributed by atoms with Crippen molar-refractivity contribution in [2.45, 2.75) is 104 Å². The van der Waals surface area contributed by atoms with Crippen molar-refractivity contribution >= 4 is 50.6 Å². The zero-order valence-corrected chi connectivity index (χ0v) is 45.3. The molecule has 16 nitrogen and oxygen atoms in total. The third-order valence-corrected chi connectivity index (χ3v) is 17.4. The molecule has 77 heavy (non-hydrogen) atoms. The maximum atomic E-state index is 17.1. The maximum Gasteiger partial charge on any atom is 0.319 e. The largest absolute Gasteiger partial charge is 0.508 e. The van der Waals surface area contributed by atoms with Crippen molar-refractivity contribution in [3.63, 3.8) is 0 Å². The van der Waals surface area contributed by atoms with Crippen molar-refractivity contribution in [1.82, 2.24) is 40.2 Å². The molecule has 1 saturated carbocycles. The van der Waals surface area contributed by atoms with E-state index in [0.29, 0.717) is 60.0 Å². The predicted octanol–water partition coefficient (Wildman–Crippen LogP) is 9.66. The molecule has 2 unspecified atom stereocenters. The molecular weight excluding hydrogens is 998 g/mol. The molecule has 0 spiro atoms. The molecule has 3 aliphatic heterocycles. The molecule has 4 fully saturated rings. The van der Waals surface area contributed by atoms with E-state index >= 15 is 4.39 Å². The topological polar surface area (TPSA) is 192 Å². The maximum absolute atomic E-state index is 17.1. The van der Waals surface area contributed by atoms with Gasteiger partial charge in [-0.25, -0.2) is 9.37 Å². The summed E-state index contributed by atoms with van der Waals surface area (Å²) in [6.07, 6.45) is 7.05. The van der Waals surface area contributed by atoms with Crippen LogP contribution < -0.4 is 19.7 Å². The number of aryl methyl sites for hydroxylation is 2. The first kappa shape index (κ1) is 52.3. The van der Waals surface area contributed by atoms with Gasteiger partial charge in [-0.1, -0.05) is 63.2 Å². The number of piperidine rings is 2. The number of hydrogen-bond acceptors (Lipinski definition) is 15. The number of benzene rings is 3. The number of aromatic hydroxyl groups is 1. The summed E-state index contributed by atoms with van der Waals surface area (Å²) in [7, 11) is 0. The second kappa shape index (κ2) is 22.3. The highest BCUT2D eigenvalue weighted by atomic mass is 32.1. The van der Waals surface area contributed by atoms with Gasteiger partial charge in [-0.2, -0.15) is 9.97 Å². The van der Waals surface area contributed by atoms with Gasteiger partial charge in [-0.3, -0.25) is 19.5 Å². The number of phenolic OH excluding ortho intramolecular Hbond substituents is 1. The van der Waals surface area contributed by atoms with Crippen LogP contribution in [0.5, 0.6) is 17.6 Å². The van der Waals surface area contributed by atoms with Crippen molar-refractivity contribution in [3.05, 3.63) is 101 Å². The minimum absolute atomic E-state index is 0.0377. The molecular formula is C59H68FN9O7S. The lowest BCUT2D eigenvalue weighted by Crippen LogP contribution is -2.48. The van der Waals surface area contributed by atoms with Crippen molar-refractivity contribution in [3.8, 4) is 39.3 Å². The number of carbonyl (C=O) groups excluding carboxylic acids is 2. The number of nitrogens with zero attached hydrogens (tertiary/aromatic N) is 8. The molecule has 404 valence electrons. The Labute approximate surface area is 452 Å². The fourth-order valence-electron chi connectivity index (χ4n) is 12.3. The van der Waals surface area contributed by atoms with Crippen LogP contribution in [0, 0.1) is 36.4 Å². The number of pyridine rings is 1. The Hall–Kier alpha value is -6.76. The number of hydrogen-bond donors (Lipinski definition) is 3. The van der Waals surface area contributed by atoms with Gasteiger partial charge in [-0.05, 0) is 134 Å². The highest BCUT2D eigenvalue weighted by molar-refractivity contribution is 7.13. The average Bonchev–Trinajstić information content (AvgIpc) is 4.26. The molecule has 2 bridgehead atoms. The van der Waals surface area contributed by atoms with Gasteiger partial charge in [0.05, 0.1) is 40.2 Å². The first-order chi connectivity index (χ1) is 37.3. The molecule has 3 N–H and O–H groups in total. The Morgan fingerprint density at radius 2 is 1.73 bits per heavy atom. The molecule has 18 heteroatoms. The summed E-state index contributed by atoms with van der Waals surface area (Å²) in [5.41, 5.74) is 6.62. The lowest BCUT2D eigenvalue weighted by atomic mass is 9.91. The van der Waals surface area contributed by atoms with Crippen LogP contribution >= 0.6 is 11.3 Å². The van der Waals surface area contributed by atoms with Crippen molar-refractivity contribution in [1.29, 1.82) is 0 Å². The molecule has 3 aromatic carbocycles. The number of aliphatic hydroxyl groups is 1. The van der Waals surface area contributed by atoms with E-state index < -0.39 is 23.9 Å². The molecule has 1 aliphatic carbocycles. The molecule has 2 amide bonds. The van der Waals surface area contributed by atoms with Crippen molar-refractivity contribution < 1.29 is 38.2 Å². The number of fused-ring (bicyclic) bond motifs is 4. The van der Waals surface area contributed by atoms with Gasteiger partial charge in [0.2, 0.25) is 11.8 Å². The third-order valence-electron chi connectivity index (χ3n) is 16.4. The van der Waals surface area contributed by atoms with Crippen LogP contribution in [0.4, 0.5) is 10.2 Å². The van der Waals surface area contributed by atoms with Crippen LogP contribution in [-0.4, -0.2) is 122 Å². The van der Waals surface area contributed by atoms with E-state index in [9.17, 15) is 19.8 Å². The highest BCUT2D eigenvalue weighted by Gasteiger charge is 2.44. The number of aromatic nitrogens is 5. The van der Waals surface area contributed by atoms with Gasteiger partial charge in [0, 0.05) is 50.4 Å². The molecule has 11 rings (SSSR count). The van der Waals surface area contributed by atoms with Crippen LogP contribution in [0.15, 0.2) is 76.9 Å². The molecule has 4 aliphatic rings. The van der Waals surface area contributed by atoms with E-state index in [1.54, 1.807) is 35.7 Å². The summed E-state index contributed by atoms with van der Waals surface area (Å²) in [5, 5.41) is 31.0. The van der Waals surface area contributed by atoms with Crippen LogP contribution in [0.3, 0.4) is 0 Å². The van der Waals surface area contributed by atoms with Gasteiger partial charge < -0.3 is 39.3 Å². The quantitative estimate of drug-likeness (QED) is 0.0781. The SMILES string of the molecule is CCc1cccc2cc(O)cc(-c3ncc4c(N5CC6CCC(C6)C5)nc(OCCN5CCC(COc6cc([C@H](C(=O)N7C[C@H](O)C[C@H]7C(=O)N[C@@H](C)c7ccc(-c8scnc8C)cc7)C(C)C)on6)CC5)nc4c3F)c12. The van der Waals surface area contributed by atoms with Crippen molar-refractivity contribution in [2.24, 2.45) is 23.7 Å². The summed E-state index contributed by atoms with van der Waals surface area (Å²) in [6, 6.07) is 17.8. The summed E-state index contributed by atoms with van der Waals surface area (Å²) < 4.78 is 35.4. The van der Waals surface area contributed by atoms with E-state index in [1.165, 1.54) is 24.2 Å². The van der Waals surface area contributed by atoms with Gasteiger partial charge in [0.1, 0.15) is 41.3 Å². The molecule has 7 aromatic rings. The zero-order chi connectivity index (χ0) is 53.5. The fourth-order valence-corrected chi connectivity index (χ4v) is 13.1. The Morgan fingerprint density at radius 1 is 0.948 bits per heavy atom. The Morgan fingerprint density at radius 3 is 2.45 bits per heavy atom. The Bertz CT molecular complexity index is 3260. The number of amides is 2. The molecule has 0 radical (unpaired) electrons. The van der Waals surface area contributed by atoms with Gasteiger partial charge in [0.15, 0.2) is 11.6 Å². The second-order valence-electron chi connectivity index (χ2n) is 22.1.